The molecule has 0 aliphatic heterocycles. The summed E-state index contributed by atoms with van der Waals surface area (Å²) >= 11 is 0. The summed E-state index contributed by atoms with van der Waals surface area (Å²) in [5.41, 5.74) is 0. The molecule has 0 fully saturated rings. The molecule has 0 unspecified atom stereocenters. The number of carbonyl (C=O) groups excluding carboxylic acids is 1. The number of carbonyl (C=O) groups is 1. The Kier molecular flexibility index (Phi) is 5.32. The van der Waals surface area contributed by atoms with Crippen LogP contribution in [0.2, 0.25) is 0 Å². The van der Waals surface area contributed by atoms with Gasteiger partial charge in [-0.3, -0.25) is 4.79 Å². The molecule has 0 bridgehead atoms. The Morgan fingerprint density at radius 2 is 2.31 bits per heavy atom. The van der Waals surface area contributed by atoms with E-state index in [1.54, 1.807) is 6.20 Å². The van der Waals surface area contributed by atoms with Gasteiger partial charge in [0.2, 0.25) is 0 Å². The number of hydrogen-bond acceptors (Lipinski definition) is 4. The maximum absolute atomic E-state index is 11.3. The van der Waals surface area contributed by atoms with Gasteiger partial charge in [-0.15, -0.1) is 0 Å². The largest absolute Gasteiger partial charge is 0.466 e. The van der Waals surface area contributed by atoms with Crippen LogP contribution in [0.15, 0.2) is 24.4 Å². The molecule has 0 N–H and O–H groups in total. The molecule has 1 aromatic rings. The number of pyridine rings is 1. The molecular formula is C12H18N2O2. The third kappa shape index (κ3) is 4.29. The van der Waals surface area contributed by atoms with Crippen LogP contribution in [0.1, 0.15) is 19.8 Å². The molecule has 0 amide bonds. The van der Waals surface area contributed by atoms with E-state index in [1.807, 2.05) is 37.1 Å². The molecule has 0 saturated carbocycles. The lowest BCUT2D eigenvalue weighted by atomic mass is 10.3. The van der Waals surface area contributed by atoms with E-state index in [1.165, 1.54) is 0 Å². The fourth-order valence-electron chi connectivity index (χ4n) is 1.24. The van der Waals surface area contributed by atoms with E-state index >= 15 is 0 Å². The first-order valence-electron chi connectivity index (χ1n) is 5.52. The fraction of sp³-hybridized carbons (Fsp3) is 0.500. The van der Waals surface area contributed by atoms with Crippen LogP contribution in [0.4, 0.5) is 5.82 Å². The summed E-state index contributed by atoms with van der Waals surface area (Å²) in [6.07, 6.45) is 3.00. The Balaban J connectivity index is 2.30. The lowest BCUT2D eigenvalue weighted by Gasteiger charge is -2.17. The van der Waals surface area contributed by atoms with Crippen molar-refractivity contribution in [3.8, 4) is 0 Å². The maximum atomic E-state index is 11.3. The molecule has 88 valence electrons. The Morgan fingerprint density at radius 3 is 2.94 bits per heavy atom. The minimum absolute atomic E-state index is 0.148. The predicted octanol–water partition coefficient (Wildman–Crippen LogP) is 1.86. The first-order chi connectivity index (χ1) is 7.74. The molecule has 4 nitrogen and oxygen atoms in total. The molecule has 0 aliphatic carbocycles. The minimum atomic E-state index is -0.148. The average Bonchev–Trinajstić information content (AvgIpc) is 2.34. The van der Waals surface area contributed by atoms with Crippen LogP contribution in [-0.4, -0.2) is 31.2 Å². The second-order valence-corrected chi connectivity index (χ2v) is 3.58. The first kappa shape index (κ1) is 12.5. The number of ether oxygens (including phenoxy) is 1. The van der Waals surface area contributed by atoms with Crippen molar-refractivity contribution < 1.29 is 9.53 Å². The second-order valence-electron chi connectivity index (χ2n) is 3.58. The quantitative estimate of drug-likeness (QED) is 0.689. The molecular weight excluding hydrogens is 204 g/mol. The molecule has 0 aromatic carbocycles. The van der Waals surface area contributed by atoms with E-state index in [9.17, 15) is 4.79 Å². The van der Waals surface area contributed by atoms with Gasteiger partial charge in [0.15, 0.2) is 0 Å². The number of nitrogens with zero attached hydrogens (tertiary/aromatic N) is 2. The lowest BCUT2D eigenvalue weighted by Crippen LogP contribution is -2.22. The topological polar surface area (TPSA) is 42.4 Å². The molecule has 16 heavy (non-hydrogen) atoms. The van der Waals surface area contributed by atoms with Crippen molar-refractivity contribution in [2.45, 2.75) is 19.8 Å². The van der Waals surface area contributed by atoms with Gasteiger partial charge < -0.3 is 9.64 Å². The highest BCUT2D eigenvalue weighted by Gasteiger charge is 2.06. The Labute approximate surface area is 96.2 Å². The van der Waals surface area contributed by atoms with Crippen LogP contribution >= 0.6 is 0 Å². The summed E-state index contributed by atoms with van der Waals surface area (Å²) in [5.74, 6) is 0.718. The van der Waals surface area contributed by atoms with Gasteiger partial charge in [0.25, 0.3) is 0 Å². The van der Waals surface area contributed by atoms with Crippen molar-refractivity contribution >= 4 is 11.8 Å². The van der Waals surface area contributed by atoms with Crippen LogP contribution in [0.5, 0.6) is 0 Å². The van der Waals surface area contributed by atoms with Crippen molar-refractivity contribution in [1.29, 1.82) is 0 Å². The Bertz CT molecular complexity index is 314. The zero-order chi connectivity index (χ0) is 11.8. The molecule has 0 atom stereocenters. The number of hydrogen-bond donors (Lipinski definition) is 0. The van der Waals surface area contributed by atoms with Crippen LogP contribution in [0.3, 0.4) is 0 Å². The van der Waals surface area contributed by atoms with Crippen molar-refractivity contribution in [2.24, 2.45) is 0 Å². The second kappa shape index (κ2) is 6.82. The molecule has 0 radical (unpaired) electrons. The van der Waals surface area contributed by atoms with Gasteiger partial charge in [-0.05, 0) is 18.6 Å². The molecule has 1 rings (SSSR count). The zero-order valence-corrected chi connectivity index (χ0v) is 9.85. The van der Waals surface area contributed by atoms with E-state index in [0.29, 0.717) is 19.6 Å². The van der Waals surface area contributed by atoms with Gasteiger partial charge in [-0.25, -0.2) is 4.98 Å². The number of aromatic nitrogens is 1. The van der Waals surface area contributed by atoms with Crippen molar-refractivity contribution in [3.05, 3.63) is 24.4 Å². The van der Waals surface area contributed by atoms with Gasteiger partial charge >= 0.3 is 5.97 Å². The van der Waals surface area contributed by atoms with E-state index < -0.39 is 0 Å². The van der Waals surface area contributed by atoms with Crippen LogP contribution < -0.4 is 4.90 Å². The van der Waals surface area contributed by atoms with Gasteiger partial charge in [-0.2, -0.15) is 0 Å². The maximum Gasteiger partial charge on any atom is 0.307 e. The van der Waals surface area contributed by atoms with E-state index in [2.05, 4.69) is 4.98 Å². The van der Waals surface area contributed by atoms with Crippen molar-refractivity contribution in [3.63, 3.8) is 0 Å². The minimum Gasteiger partial charge on any atom is -0.466 e. The molecule has 1 heterocycles. The molecule has 4 heteroatoms. The van der Waals surface area contributed by atoms with Crippen LogP contribution in [0.25, 0.3) is 0 Å². The monoisotopic (exact) mass is 222 g/mol. The first-order valence-corrected chi connectivity index (χ1v) is 5.52. The van der Waals surface area contributed by atoms with Crippen LogP contribution in [0, 0.1) is 0 Å². The van der Waals surface area contributed by atoms with E-state index in [0.717, 1.165) is 12.2 Å². The smallest absolute Gasteiger partial charge is 0.307 e. The van der Waals surface area contributed by atoms with Gasteiger partial charge in [0.05, 0.1) is 13.0 Å². The molecule has 0 saturated heterocycles. The van der Waals surface area contributed by atoms with E-state index in [-0.39, 0.29) is 5.97 Å². The SMILES string of the molecule is CCCOC(=O)CCN(C)c1ccccn1. The summed E-state index contributed by atoms with van der Waals surface area (Å²) in [6, 6.07) is 5.71. The highest BCUT2D eigenvalue weighted by atomic mass is 16.5. The van der Waals surface area contributed by atoms with Crippen molar-refractivity contribution in [2.75, 3.05) is 25.1 Å². The predicted molar refractivity (Wildman–Crippen MR) is 63.4 cm³/mol. The van der Waals surface area contributed by atoms with Gasteiger partial charge in [0, 0.05) is 19.8 Å². The van der Waals surface area contributed by atoms with Crippen molar-refractivity contribution in [1.82, 2.24) is 4.98 Å². The standard InChI is InChI=1S/C12H18N2O2/c1-3-10-16-12(15)7-9-14(2)11-6-4-5-8-13-11/h4-6,8H,3,7,9-10H2,1-2H3. The zero-order valence-electron chi connectivity index (χ0n) is 9.85. The van der Waals surface area contributed by atoms with Gasteiger partial charge in [0.1, 0.15) is 5.82 Å². The van der Waals surface area contributed by atoms with Crippen LogP contribution in [-0.2, 0) is 9.53 Å². The number of esters is 1. The summed E-state index contributed by atoms with van der Waals surface area (Å²) in [6.45, 7) is 3.11. The third-order valence-electron chi connectivity index (χ3n) is 2.16. The molecule has 1 aromatic heterocycles. The lowest BCUT2D eigenvalue weighted by molar-refractivity contribution is -0.143. The van der Waals surface area contributed by atoms with E-state index in [4.69, 9.17) is 4.74 Å². The average molecular weight is 222 g/mol. The third-order valence-corrected chi connectivity index (χ3v) is 2.16. The highest BCUT2D eigenvalue weighted by molar-refractivity contribution is 5.70. The highest BCUT2D eigenvalue weighted by Crippen LogP contribution is 2.06. The number of anilines is 1. The number of rotatable bonds is 6. The summed E-state index contributed by atoms with van der Waals surface area (Å²) in [4.78, 5) is 17.4. The summed E-state index contributed by atoms with van der Waals surface area (Å²) in [7, 11) is 1.91. The summed E-state index contributed by atoms with van der Waals surface area (Å²) < 4.78 is 4.99. The normalized spacial score (nSPS) is 9.88. The Morgan fingerprint density at radius 1 is 1.50 bits per heavy atom. The summed E-state index contributed by atoms with van der Waals surface area (Å²) in [5, 5.41) is 0. The molecule has 0 aliphatic rings. The Hall–Kier alpha value is -1.58. The molecule has 0 spiro atoms. The fourth-order valence-corrected chi connectivity index (χ4v) is 1.24. The van der Waals surface area contributed by atoms with Gasteiger partial charge in [-0.1, -0.05) is 13.0 Å².